The van der Waals surface area contributed by atoms with Crippen LogP contribution in [-0.4, -0.2) is 17.1 Å². The van der Waals surface area contributed by atoms with Crippen molar-refractivity contribution < 1.29 is 18.4 Å². The molecular formula is C8H7F3N2OS. The van der Waals surface area contributed by atoms with Crippen molar-refractivity contribution in [1.82, 2.24) is 5.48 Å². The molecule has 1 rings (SSSR count). The third kappa shape index (κ3) is 4.71. The number of alkyl halides is 3. The van der Waals surface area contributed by atoms with Gasteiger partial charge in [0.1, 0.15) is 6.34 Å². The summed E-state index contributed by atoms with van der Waals surface area (Å²) in [6, 6.07) is 5.59. The summed E-state index contributed by atoms with van der Waals surface area (Å²) in [7, 11) is 0. The summed E-state index contributed by atoms with van der Waals surface area (Å²) < 4.78 is 36.0. The molecule has 0 aliphatic rings. The average molecular weight is 236 g/mol. The highest BCUT2D eigenvalue weighted by Gasteiger charge is 2.29. The van der Waals surface area contributed by atoms with Gasteiger partial charge in [-0.15, -0.1) is 0 Å². The molecule has 0 fully saturated rings. The third-order valence-corrected chi connectivity index (χ3v) is 2.04. The maximum atomic E-state index is 12.0. The van der Waals surface area contributed by atoms with Gasteiger partial charge in [0.15, 0.2) is 0 Å². The van der Waals surface area contributed by atoms with E-state index in [9.17, 15) is 13.2 Å². The Labute approximate surface area is 88.0 Å². The molecule has 0 aliphatic carbocycles. The minimum atomic E-state index is -4.31. The van der Waals surface area contributed by atoms with Crippen LogP contribution in [0.4, 0.5) is 18.9 Å². The number of nitrogens with one attached hydrogen (secondary N) is 1. The molecule has 0 saturated heterocycles. The molecule has 1 aromatic carbocycles. The first-order chi connectivity index (χ1) is 7.01. The van der Waals surface area contributed by atoms with Crippen molar-refractivity contribution >= 4 is 23.8 Å². The molecule has 7 heteroatoms. The third-order valence-electron chi connectivity index (χ3n) is 1.32. The Hall–Kier alpha value is -1.21. The predicted molar refractivity (Wildman–Crippen MR) is 51.4 cm³/mol. The first-order valence-corrected chi connectivity index (χ1v) is 4.61. The summed E-state index contributed by atoms with van der Waals surface area (Å²) in [5, 5.41) is 8.20. The van der Waals surface area contributed by atoms with Crippen molar-refractivity contribution in [1.29, 1.82) is 0 Å². The molecule has 2 N–H and O–H groups in total. The van der Waals surface area contributed by atoms with Crippen molar-refractivity contribution in [3.63, 3.8) is 0 Å². The Balaban J connectivity index is 2.79. The lowest BCUT2D eigenvalue weighted by Crippen LogP contribution is -2.01. The van der Waals surface area contributed by atoms with E-state index in [1.807, 2.05) is 0 Å². The number of hydroxylamine groups is 1. The SMILES string of the molecule is ONC=Nc1cccc(SC(F)(F)F)c1. The second-order valence-electron chi connectivity index (χ2n) is 2.43. The quantitative estimate of drug-likeness (QED) is 0.367. The van der Waals surface area contributed by atoms with Crippen LogP contribution in [0.15, 0.2) is 34.2 Å². The maximum Gasteiger partial charge on any atom is 0.446 e. The lowest BCUT2D eigenvalue weighted by atomic mass is 10.3. The largest absolute Gasteiger partial charge is 0.446 e. The van der Waals surface area contributed by atoms with E-state index in [4.69, 9.17) is 5.21 Å². The van der Waals surface area contributed by atoms with Crippen LogP contribution in [0.1, 0.15) is 0 Å². The van der Waals surface area contributed by atoms with Crippen molar-refractivity contribution in [3.8, 4) is 0 Å². The van der Waals surface area contributed by atoms with Gasteiger partial charge in [0.05, 0.1) is 5.69 Å². The van der Waals surface area contributed by atoms with Gasteiger partial charge in [-0.2, -0.15) is 13.2 Å². The van der Waals surface area contributed by atoms with E-state index in [0.717, 1.165) is 6.34 Å². The minimum absolute atomic E-state index is 0.0510. The van der Waals surface area contributed by atoms with Gasteiger partial charge in [0, 0.05) is 4.90 Å². The van der Waals surface area contributed by atoms with E-state index >= 15 is 0 Å². The van der Waals surface area contributed by atoms with Gasteiger partial charge in [-0.05, 0) is 30.0 Å². The number of rotatable bonds is 3. The molecule has 0 amide bonds. The maximum absolute atomic E-state index is 12.0. The molecule has 3 nitrogen and oxygen atoms in total. The summed E-state index contributed by atoms with van der Waals surface area (Å²) in [4.78, 5) is 3.70. The van der Waals surface area contributed by atoms with Gasteiger partial charge >= 0.3 is 5.51 Å². The fourth-order valence-electron chi connectivity index (χ4n) is 0.864. The predicted octanol–water partition coefficient (Wildman–Crippen LogP) is 2.94. The molecule has 0 aromatic heterocycles. The van der Waals surface area contributed by atoms with Crippen LogP contribution in [-0.2, 0) is 0 Å². The first kappa shape index (κ1) is 11.9. The van der Waals surface area contributed by atoms with Gasteiger partial charge in [-0.25, -0.2) is 4.99 Å². The summed E-state index contributed by atoms with van der Waals surface area (Å²) in [5.41, 5.74) is -2.32. The second-order valence-corrected chi connectivity index (χ2v) is 3.57. The summed E-state index contributed by atoms with van der Waals surface area (Å²) >= 11 is -0.208. The zero-order valence-corrected chi connectivity index (χ0v) is 8.14. The van der Waals surface area contributed by atoms with Gasteiger partial charge < -0.3 is 0 Å². The molecule has 15 heavy (non-hydrogen) atoms. The molecule has 0 aliphatic heterocycles. The fourth-order valence-corrected chi connectivity index (χ4v) is 1.46. The number of hydrogen-bond donors (Lipinski definition) is 2. The van der Waals surface area contributed by atoms with E-state index in [1.54, 1.807) is 5.48 Å². The van der Waals surface area contributed by atoms with E-state index in [-0.39, 0.29) is 16.7 Å². The Kier molecular flexibility index (Phi) is 3.98. The number of aliphatic imine (C=N–C) groups is 1. The van der Waals surface area contributed by atoms with Gasteiger partial charge in [-0.1, -0.05) is 6.07 Å². The minimum Gasteiger partial charge on any atom is -0.290 e. The molecule has 0 atom stereocenters. The highest BCUT2D eigenvalue weighted by molar-refractivity contribution is 8.00. The van der Waals surface area contributed by atoms with Crippen LogP contribution in [0.2, 0.25) is 0 Å². The van der Waals surface area contributed by atoms with Crippen LogP contribution in [0.5, 0.6) is 0 Å². The lowest BCUT2D eigenvalue weighted by molar-refractivity contribution is -0.0328. The number of nitrogens with zero attached hydrogens (tertiary/aromatic N) is 1. The summed E-state index contributed by atoms with van der Waals surface area (Å²) in [6.45, 7) is 0. The molecule has 1 aromatic rings. The zero-order chi connectivity index (χ0) is 11.3. The Bertz CT molecular complexity index is 354. The topological polar surface area (TPSA) is 44.6 Å². The van der Waals surface area contributed by atoms with Gasteiger partial charge in [-0.3, -0.25) is 10.7 Å². The highest BCUT2D eigenvalue weighted by Crippen LogP contribution is 2.37. The van der Waals surface area contributed by atoms with E-state index < -0.39 is 5.51 Å². The summed E-state index contributed by atoms with van der Waals surface area (Å²) in [5.74, 6) is 0. The van der Waals surface area contributed by atoms with Crippen LogP contribution < -0.4 is 5.48 Å². The van der Waals surface area contributed by atoms with Gasteiger partial charge in [0.2, 0.25) is 0 Å². The summed E-state index contributed by atoms with van der Waals surface area (Å²) in [6.07, 6.45) is 0.970. The molecule has 0 unspecified atom stereocenters. The van der Waals surface area contributed by atoms with Crippen molar-refractivity contribution in [2.24, 2.45) is 4.99 Å². The molecule has 0 bridgehead atoms. The van der Waals surface area contributed by atoms with Crippen LogP contribution in [0.3, 0.4) is 0 Å². The van der Waals surface area contributed by atoms with Crippen molar-refractivity contribution in [3.05, 3.63) is 24.3 Å². The molecule has 82 valence electrons. The van der Waals surface area contributed by atoms with Gasteiger partial charge in [0.25, 0.3) is 0 Å². The van der Waals surface area contributed by atoms with Crippen molar-refractivity contribution in [2.45, 2.75) is 10.4 Å². The monoisotopic (exact) mass is 236 g/mol. The molecule has 0 heterocycles. The lowest BCUT2D eigenvalue weighted by Gasteiger charge is -2.05. The standard InChI is InChI=1S/C8H7F3N2OS/c9-8(10,11)15-7-3-1-2-6(4-7)12-5-13-14/h1-5,14H,(H,12,13). The second kappa shape index (κ2) is 5.04. The highest BCUT2D eigenvalue weighted by atomic mass is 32.2. The number of thioether (sulfide) groups is 1. The van der Waals surface area contributed by atoms with Crippen LogP contribution >= 0.6 is 11.8 Å². The van der Waals surface area contributed by atoms with E-state index in [2.05, 4.69) is 4.99 Å². The molecule has 0 saturated carbocycles. The zero-order valence-electron chi connectivity index (χ0n) is 7.32. The Morgan fingerprint density at radius 3 is 2.73 bits per heavy atom. The van der Waals surface area contributed by atoms with Crippen LogP contribution in [0, 0.1) is 0 Å². The number of halogens is 3. The fraction of sp³-hybridized carbons (Fsp3) is 0.125. The number of benzene rings is 1. The van der Waals surface area contributed by atoms with Crippen LogP contribution in [0.25, 0.3) is 0 Å². The van der Waals surface area contributed by atoms with E-state index in [0.29, 0.717) is 5.69 Å². The smallest absolute Gasteiger partial charge is 0.290 e. The Morgan fingerprint density at radius 1 is 1.40 bits per heavy atom. The number of hydrogen-bond acceptors (Lipinski definition) is 3. The molecular weight excluding hydrogens is 229 g/mol. The molecule has 0 radical (unpaired) electrons. The normalized spacial score (nSPS) is 12.0. The Morgan fingerprint density at radius 2 is 2.13 bits per heavy atom. The molecule has 0 spiro atoms. The first-order valence-electron chi connectivity index (χ1n) is 3.79. The average Bonchev–Trinajstić information content (AvgIpc) is 2.12. The van der Waals surface area contributed by atoms with E-state index in [1.165, 1.54) is 24.3 Å². The van der Waals surface area contributed by atoms with Crippen molar-refractivity contribution in [2.75, 3.05) is 0 Å².